The molecule has 1 unspecified atom stereocenters. The van der Waals surface area contributed by atoms with Crippen LogP contribution >= 0.6 is 0 Å². The molecular weight excluding hydrogens is 382 g/mol. The lowest BCUT2D eigenvalue weighted by atomic mass is 10.1. The number of aromatic nitrogens is 4. The lowest BCUT2D eigenvalue weighted by Gasteiger charge is -2.14. The van der Waals surface area contributed by atoms with Crippen LogP contribution in [0.15, 0.2) is 64.0 Å². The van der Waals surface area contributed by atoms with Crippen LogP contribution in [0.1, 0.15) is 20.3 Å². The van der Waals surface area contributed by atoms with Gasteiger partial charge in [0.15, 0.2) is 0 Å². The molecule has 1 N–H and O–H groups in total. The number of carbonyl (C=O) groups is 1. The van der Waals surface area contributed by atoms with E-state index in [-0.39, 0.29) is 29.9 Å². The van der Waals surface area contributed by atoms with Gasteiger partial charge in [-0.05, 0) is 31.5 Å². The number of amides is 1. The quantitative estimate of drug-likeness (QED) is 0.531. The molecule has 4 aromatic rings. The fourth-order valence-electron chi connectivity index (χ4n) is 3.17. The van der Waals surface area contributed by atoms with E-state index in [4.69, 9.17) is 4.52 Å². The Balaban J connectivity index is 1.76. The maximum atomic E-state index is 12.9. The van der Waals surface area contributed by atoms with Crippen molar-refractivity contribution in [3.05, 3.63) is 65.1 Å². The van der Waals surface area contributed by atoms with E-state index in [0.717, 1.165) is 11.8 Å². The number of benzene rings is 1. The predicted molar refractivity (Wildman–Crippen MR) is 113 cm³/mol. The molecule has 0 saturated heterocycles. The van der Waals surface area contributed by atoms with Gasteiger partial charge in [0.25, 0.3) is 11.4 Å². The van der Waals surface area contributed by atoms with Gasteiger partial charge in [0.2, 0.25) is 11.7 Å². The molecule has 0 radical (unpaired) electrons. The van der Waals surface area contributed by atoms with Crippen LogP contribution in [-0.4, -0.2) is 31.6 Å². The average molecular weight is 403 g/mol. The van der Waals surface area contributed by atoms with Crippen molar-refractivity contribution in [2.75, 3.05) is 0 Å². The van der Waals surface area contributed by atoms with Crippen molar-refractivity contribution in [1.82, 2.24) is 25.0 Å². The van der Waals surface area contributed by atoms with Crippen molar-refractivity contribution in [2.24, 2.45) is 0 Å². The third kappa shape index (κ3) is 3.84. The molecule has 3 aromatic heterocycles. The fourth-order valence-corrected chi connectivity index (χ4v) is 3.17. The van der Waals surface area contributed by atoms with E-state index < -0.39 is 0 Å². The number of nitrogens with one attached hydrogen (secondary N) is 1. The number of nitrogens with zero attached hydrogens (tertiary/aromatic N) is 4. The average Bonchev–Trinajstić information content (AvgIpc) is 3.26. The van der Waals surface area contributed by atoms with Crippen LogP contribution in [0.5, 0.6) is 0 Å². The molecule has 30 heavy (non-hydrogen) atoms. The highest BCUT2D eigenvalue weighted by Crippen LogP contribution is 2.27. The maximum Gasteiger partial charge on any atom is 0.259 e. The third-order valence-corrected chi connectivity index (χ3v) is 4.89. The SMILES string of the molecule is CCC(C)NC(=O)Cn1c(=O)cc(-c2nc(-c3ccccn3)no2)c2ccccc21. The number of hydrogen-bond acceptors (Lipinski definition) is 6. The molecular formula is C22H21N5O3. The molecule has 0 saturated carbocycles. The molecule has 8 nitrogen and oxygen atoms in total. The lowest BCUT2D eigenvalue weighted by molar-refractivity contribution is -0.122. The Labute approximate surface area is 172 Å². The fraction of sp³-hybridized carbons (Fsp3) is 0.227. The van der Waals surface area contributed by atoms with Gasteiger partial charge in [-0.1, -0.05) is 36.3 Å². The Morgan fingerprint density at radius 1 is 1.20 bits per heavy atom. The third-order valence-electron chi connectivity index (χ3n) is 4.89. The van der Waals surface area contributed by atoms with Crippen molar-refractivity contribution < 1.29 is 9.32 Å². The Morgan fingerprint density at radius 3 is 2.77 bits per heavy atom. The largest absolute Gasteiger partial charge is 0.352 e. The summed E-state index contributed by atoms with van der Waals surface area (Å²) in [4.78, 5) is 33.9. The minimum atomic E-state index is -0.319. The Kier molecular flexibility index (Phi) is 5.38. The highest BCUT2D eigenvalue weighted by molar-refractivity contribution is 5.93. The van der Waals surface area contributed by atoms with E-state index >= 15 is 0 Å². The summed E-state index contributed by atoms with van der Waals surface area (Å²) in [5.41, 5.74) is 1.40. The second kappa shape index (κ2) is 8.28. The van der Waals surface area contributed by atoms with Crippen LogP contribution in [0.3, 0.4) is 0 Å². The first-order valence-electron chi connectivity index (χ1n) is 9.74. The molecule has 1 aromatic carbocycles. The first-order valence-corrected chi connectivity index (χ1v) is 9.74. The van der Waals surface area contributed by atoms with E-state index in [1.54, 1.807) is 24.4 Å². The normalized spacial score (nSPS) is 12.1. The van der Waals surface area contributed by atoms with Crippen LogP contribution in [0.4, 0.5) is 0 Å². The summed E-state index contributed by atoms with van der Waals surface area (Å²) in [7, 11) is 0. The number of para-hydroxylation sites is 1. The van der Waals surface area contributed by atoms with Gasteiger partial charge in [0, 0.05) is 23.7 Å². The van der Waals surface area contributed by atoms with Gasteiger partial charge >= 0.3 is 0 Å². The number of fused-ring (bicyclic) bond motifs is 1. The minimum absolute atomic E-state index is 0.0437. The van der Waals surface area contributed by atoms with Gasteiger partial charge in [-0.25, -0.2) is 0 Å². The van der Waals surface area contributed by atoms with Crippen molar-refractivity contribution in [1.29, 1.82) is 0 Å². The van der Waals surface area contributed by atoms with Gasteiger partial charge < -0.3 is 9.84 Å². The number of rotatable bonds is 6. The molecule has 0 fully saturated rings. The highest BCUT2D eigenvalue weighted by Gasteiger charge is 2.18. The molecule has 1 atom stereocenters. The summed E-state index contributed by atoms with van der Waals surface area (Å²) in [6, 6.07) is 14.2. The minimum Gasteiger partial charge on any atom is -0.352 e. The van der Waals surface area contributed by atoms with Crippen LogP contribution in [0, 0.1) is 0 Å². The van der Waals surface area contributed by atoms with Crippen LogP contribution < -0.4 is 10.9 Å². The Hall–Kier alpha value is -3.81. The molecule has 1 amide bonds. The van der Waals surface area contributed by atoms with Crippen molar-refractivity contribution in [3.8, 4) is 23.0 Å². The van der Waals surface area contributed by atoms with Crippen LogP contribution in [-0.2, 0) is 11.3 Å². The Morgan fingerprint density at radius 2 is 2.00 bits per heavy atom. The van der Waals surface area contributed by atoms with Crippen molar-refractivity contribution >= 4 is 16.8 Å². The monoisotopic (exact) mass is 403 g/mol. The van der Waals surface area contributed by atoms with Crippen molar-refractivity contribution in [3.63, 3.8) is 0 Å². The zero-order chi connectivity index (χ0) is 21.1. The summed E-state index contributed by atoms with van der Waals surface area (Å²) in [6.45, 7) is 3.86. The van der Waals surface area contributed by atoms with E-state index in [9.17, 15) is 9.59 Å². The summed E-state index contributed by atoms with van der Waals surface area (Å²) >= 11 is 0. The van der Waals surface area contributed by atoms with E-state index in [1.165, 1.54) is 10.6 Å². The highest BCUT2D eigenvalue weighted by atomic mass is 16.5. The molecule has 3 heterocycles. The standard InChI is InChI=1S/C22H21N5O3/c1-3-14(2)24-19(28)13-27-18-10-5-4-8-15(18)16(12-20(27)29)22-25-21(26-30-22)17-9-6-7-11-23-17/h4-12,14H,3,13H2,1-2H3,(H,24,28). The molecule has 8 heteroatoms. The summed E-state index contributed by atoms with van der Waals surface area (Å²) in [5.74, 6) is 0.353. The molecule has 152 valence electrons. The van der Waals surface area contributed by atoms with Gasteiger partial charge in [0.1, 0.15) is 12.2 Å². The summed E-state index contributed by atoms with van der Waals surface area (Å²) in [6.07, 6.45) is 2.46. The smallest absolute Gasteiger partial charge is 0.259 e. The maximum absolute atomic E-state index is 12.9. The first-order chi connectivity index (χ1) is 14.6. The van der Waals surface area contributed by atoms with E-state index in [0.29, 0.717) is 22.6 Å². The second-order valence-corrected chi connectivity index (χ2v) is 7.01. The molecule has 0 bridgehead atoms. The molecule has 0 aliphatic carbocycles. The van der Waals surface area contributed by atoms with Crippen LogP contribution in [0.2, 0.25) is 0 Å². The topological polar surface area (TPSA) is 103 Å². The molecule has 0 aliphatic rings. The molecule has 0 aliphatic heterocycles. The Bertz CT molecular complexity index is 1250. The predicted octanol–water partition coefficient (Wildman–Crippen LogP) is 3.03. The van der Waals surface area contributed by atoms with Crippen molar-refractivity contribution in [2.45, 2.75) is 32.9 Å². The van der Waals surface area contributed by atoms with Gasteiger partial charge in [-0.15, -0.1) is 0 Å². The number of carbonyl (C=O) groups excluding carboxylic acids is 1. The van der Waals surface area contributed by atoms with Gasteiger partial charge in [-0.3, -0.25) is 19.1 Å². The first kappa shape index (κ1) is 19.5. The second-order valence-electron chi connectivity index (χ2n) is 7.01. The lowest BCUT2D eigenvalue weighted by Crippen LogP contribution is -2.37. The zero-order valence-corrected chi connectivity index (χ0v) is 16.7. The molecule has 4 rings (SSSR count). The summed E-state index contributed by atoms with van der Waals surface area (Å²) in [5, 5.41) is 7.62. The zero-order valence-electron chi connectivity index (χ0n) is 16.7. The van der Waals surface area contributed by atoms with Gasteiger partial charge in [-0.2, -0.15) is 4.98 Å². The van der Waals surface area contributed by atoms with Gasteiger partial charge in [0.05, 0.1) is 11.1 Å². The number of hydrogen-bond donors (Lipinski definition) is 1. The number of pyridine rings is 2. The van der Waals surface area contributed by atoms with E-state index in [2.05, 4.69) is 20.4 Å². The summed E-state index contributed by atoms with van der Waals surface area (Å²) < 4.78 is 6.88. The van der Waals surface area contributed by atoms with E-state index in [1.807, 2.05) is 38.1 Å². The van der Waals surface area contributed by atoms with Crippen LogP contribution in [0.25, 0.3) is 33.9 Å². The molecule has 0 spiro atoms.